The van der Waals surface area contributed by atoms with E-state index in [-0.39, 0.29) is 17.6 Å². The van der Waals surface area contributed by atoms with E-state index in [9.17, 15) is 4.79 Å². The van der Waals surface area contributed by atoms with Crippen molar-refractivity contribution in [3.05, 3.63) is 59.7 Å². The van der Waals surface area contributed by atoms with Gasteiger partial charge < -0.3 is 10.1 Å². The van der Waals surface area contributed by atoms with E-state index in [0.717, 1.165) is 39.0 Å². The summed E-state index contributed by atoms with van der Waals surface area (Å²) in [5.74, 6) is 0.213. The fourth-order valence-electron chi connectivity index (χ4n) is 4.42. The molecule has 1 aliphatic carbocycles. The van der Waals surface area contributed by atoms with Crippen molar-refractivity contribution in [1.82, 2.24) is 10.2 Å². The third kappa shape index (κ3) is 4.62. The monoisotopic (exact) mass is 382 g/mol. The molecule has 152 valence electrons. The summed E-state index contributed by atoms with van der Waals surface area (Å²) in [4.78, 5) is 15.3. The van der Waals surface area contributed by atoms with Crippen molar-refractivity contribution in [2.24, 2.45) is 5.92 Å². The highest BCUT2D eigenvalue weighted by atomic mass is 16.5. The number of nitrogens with one attached hydrogen (secondary N) is 1. The van der Waals surface area contributed by atoms with Crippen LogP contribution in [0.5, 0.6) is 0 Å². The van der Waals surface area contributed by atoms with E-state index in [2.05, 4.69) is 73.7 Å². The quantitative estimate of drug-likeness (QED) is 0.748. The van der Waals surface area contributed by atoms with Crippen LogP contribution in [-0.2, 0) is 16.0 Å². The molecule has 0 saturated carbocycles. The summed E-state index contributed by atoms with van der Waals surface area (Å²) in [6, 6.07) is 10.6. The molecule has 0 bridgehead atoms. The van der Waals surface area contributed by atoms with Gasteiger partial charge in [-0.1, -0.05) is 55.5 Å². The summed E-state index contributed by atoms with van der Waals surface area (Å²) in [6.07, 6.45) is 10.00. The van der Waals surface area contributed by atoms with Crippen LogP contribution in [0.1, 0.15) is 31.7 Å². The fraction of sp³-hybridized carbons (Fsp3) is 0.542. The van der Waals surface area contributed by atoms with E-state index in [1.54, 1.807) is 0 Å². The van der Waals surface area contributed by atoms with Crippen LogP contribution in [-0.4, -0.2) is 56.1 Å². The second kappa shape index (κ2) is 9.64. The van der Waals surface area contributed by atoms with Crippen LogP contribution in [0, 0.1) is 5.92 Å². The number of hydrogen-bond acceptors (Lipinski definition) is 4. The summed E-state index contributed by atoms with van der Waals surface area (Å²) < 4.78 is 6.01. The number of likely N-dealkylation sites (N-methyl/N-ethyl adjacent to an activating group) is 1. The van der Waals surface area contributed by atoms with Gasteiger partial charge in [-0.05, 0) is 44.5 Å². The highest BCUT2D eigenvalue weighted by Gasteiger charge is 2.43. The Hall–Kier alpha value is -1.75. The first-order valence-corrected chi connectivity index (χ1v) is 10.5. The van der Waals surface area contributed by atoms with Crippen LogP contribution in [0.4, 0.5) is 0 Å². The van der Waals surface area contributed by atoms with Crippen LogP contribution in [0.15, 0.2) is 54.1 Å². The number of nitrogens with zero attached hydrogens (tertiary/aromatic N) is 1. The Balaban J connectivity index is 1.93. The third-order valence-electron chi connectivity index (χ3n) is 6.07. The Morgan fingerprint density at radius 2 is 2.07 bits per heavy atom. The minimum atomic E-state index is -0.326. The summed E-state index contributed by atoms with van der Waals surface area (Å²) in [7, 11) is 4.20. The van der Waals surface area contributed by atoms with Crippen LogP contribution >= 0.6 is 0 Å². The molecule has 0 amide bonds. The third-order valence-corrected chi connectivity index (χ3v) is 6.07. The zero-order valence-electron chi connectivity index (χ0n) is 17.5. The molecule has 1 heterocycles. The summed E-state index contributed by atoms with van der Waals surface area (Å²) in [5, 5.41) is 3.42. The lowest BCUT2D eigenvalue weighted by molar-refractivity contribution is -0.124. The maximum absolute atomic E-state index is 13.1. The molecule has 1 aromatic rings. The minimum Gasteiger partial charge on any atom is -0.371 e. The van der Waals surface area contributed by atoms with Gasteiger partial charge in [0.05, 0.1) is 24.2 Å². The number of Topliss-reactive ketones (excluding diaryl/α,β-unsaturated/α-hetero) is 1. The molecule has 0 radical (unpaired) electrons. The number of aryl methyl sites for hydroxylation is 1. The molecule has 4 nitrogen and oxygen atoms in total. The molecule has 3 atom stereocenters. The zero-order chi connectivity index (χ0) is 20.0. The fourth-order valence-corrected chi connectivity index (χ4v) is 4.42. The molecule has 0 aromatic heterocycles. The standard InChI is InChI=1S/C24H34N2O2/c1-4-8-22(27)21-12-11-20(23-18-25-15-16-28-23)17-24(21,26(2)3)14-13-19-9-6-5-7-10-19/h5-7,9-12,17,21,23,25H,4,8,13-16,18H2,1-3H3. The molecule has 4 heteroatoms. The van der Waals surface area contributed by atoms with Gasteiger partial charge in [0, 0.05) is 19.5 Å². The molecule has 3 rings (SSSR count). The van der Waals surface area contributed by atoms with Gasteiger partial charge in [0.1, 0.15) is 5.78 Å². The van der Waals surface area contributed by atoms with Gasteiger partial charge in [-0.2, -0.15) is 0 Å². The van der Waals surface area contributed by atoms with Gasteiger partial charge in [0.15, 0.2) is 0 Å². The molecule has 1 saturated heterocycles. The van der Waals surface area contributed by atoms with Crippen LogP contribution in [0.25, 0.3) is 0 Å². The molecule has 1 aliphatic heterocycles. The van der Waals surface area contributed by atoms with Gasteiger partial charge in [0.2, 0.25) is 0 Å². The van der Waals surface area contributed by atoms with Crippen molar-refractivity contribution in [2.75, 3.05) is 33.8 Å². The predicted octanol–water partition coefficient (Wildman–Crippen LogP) is 3.39. The summed E-state index contributed by atoms with van der Waals surface area (Å²) in [5.41, 5.74) is 2.17. The first-order valence-electron chi connectivity index (χ1n) is 10.5. The topological polar surface area (TPSA) is 41.6 Å². The molecule has 1 N–H and O–H groups in total. The Kier molecular flexibility index (Phi) is 7.22. The van der Waals surface area contributed by atoms with Gasteiger partial charge in [-0.25, -0.2) is 0 Å². The molecule has 1 aromatic carbocycles. The van der Waals surface area contributed by atoms with Crippen LogP contribution in [0.3, 0.4) is 0 Å². The molecular weight excluding hydrogens is 348 g/mol. The van der Waals surface area contributed by atoms with Crippen molar-refractivity contribution in [3.63, 3.8) is 0 Å². The number of morpholine rings is 1. The maximum atomic E-state index is 13.1. The Morgan fingerprint density at radius 3 is 2.71 bits per heavy atom. The lowest BCUT2D eigenvalue weighted by Crippen LogP contribution is -2.53. The summed E-state index contributed by atoms with van der Waals surface area (Å²) >= 11 is 0. The Morgan fingerprint density at radius 1 is 1.29 bits per heavy atom. The largest absolute Gasteiger partial charge is 0.371 e. The van der Waals surface area contributed by atoms with E-state index >= 15 is 0 Å². The summed E-state index contributed by atoms with van der Waals surface area (Å²) in [6.45, 7) is 4.53. The van der Waals surface area contributed by atoms with Crippen molar-refractivity contribution in [3.8, 4) is 0 Å². The second-order valence-electron chi connectivity index (χ2n) is 8.13. The van der Waals surface area contributed by atoms with E-state index in [0.29, 0.717) is 12.2 Å². The number of ketones is 1. The van der Waals surface area contributed by atoms with Gasteiger partial charge in [-0.15, -0.1) is 0 Å². The first-order chi connectivity index (χ1) is 13.6. The highest BCUT2D eigenvalue weighted by Crippen LogP contribution is 2.38. The Bertz CT molecular complexity index is 705. The number of carbonyl (C=O) groups excluding carboxylic acids is 1. The second-order valence-corrected chi connectivity index (χ2v) is 8.13. The average Bonchev–Trinajstić information content (AvgIpc) is 2.73. The molecule has 3 unspecified atom stereocenters. The maximum Gasteiger partial charge on any atom is 0.141 e. The van der Waals surface area contributed by atoms with Crippen molar-refractivity contribution >= 4 is 5.78 Å². The van der Waals surface area contributed by atoms with E-state index in [1.807, 2.05) is 6.07 Å². The molecule has 1 fully saturated rings. The lowest BCUT2D eigenvalue weighted by atomic mass is 9.71. The van der Waals surface area contributed by atoms with Crippen molar-refractivity contribution in [1.29, 1.82) is 0 Å². The number of benzene rings is 1. The van der Waals surface area contributed by atoms with Gasteiger partial charge >= 0.3 is 0 Å². The smallest absolute Gasteiger partial charge is 0.141 e. The van der Waals surface area contributed by atoms with Crippen molar-refractivity contribution in [2.45, 2.75) is 44.2 Å². The average molecular weight is 383 g/mol. The van der Waals surface area contributed by atoms with Gasteiger partial charge in [0.25, 0.3) is 0 Å². The molecular formula is C24H34N2O2. The number of hydrogen-bond donors (Lipinski definition) is 1. The zero-order valence-corrected chi connectivity index (χ0v) is 17.5. The van der Waals surface area contributed by atoms with E-state index in [4.69, 9.17) is 4.74 Å². The van der Waals surface area contributed by atoms with Crippen LogP contribution in [0.2, 0.25) is 0 Å². The van der Waals surface area contributed by atoms with E-state index < -0.39 is 0 Å². The van der Waals surface area contributed by atoms with Crippen LogP contribution < -0.4 is 5.32 Å². The minimum absolute atomic E-state index is 0.0586. The molecule has 2 aliphatic rings. The molecule has 0 spiro atoms. The normalized spacial score (nSPS) is 27.6. The molecule has 28 heavy (non-hydrogen) atoms. The Labute approximate surface area is 169 Å². The van der Waals surface area contributed by atoms with E-state index in [1.165, 1.54) is 11.1 Å². The predicted molar refractivity (Wildman–Crippen MR) is 114 cm³/mol. The lowest BCUT2D eigenvalue weighted by Gasteiger charge is -2.45. The number of carbonyl (C=O) groups is 1. The first kappa shape index (κ1) is 21.0. The highest BCUT2D eigenvalue weighted by molar-refractivity contribution is 5.85. The number of ether oxygens (including phenoxy) is 1. The van der Waals surface area contributed by atoms with Crippen molar-refractivity contribution < 1.29 is 9.53 Å². The van der Waals surface area contributed by atoms with Gasteiger partial charge in [-0.3, -0.25) is 9.69 Å². The SMILES string of the molecule is CCCC(=O)C1C=CC(C2CNCCO2)=CC1(CCc1ccccc1)N(C)C. The number of rotatable bonds is 8.